The molecule has 1 aliphatic carbocycles. The molecule has 0 bridgehead atoms. The number of benzene rings is 2. The number of fused-ring (bicyclic) bond motifs is 1. The molecular weight excluding hydrogens is 494 g/mol. The average Bonchev–Trinajstić information content (AvgIpc) is 3.53. The molecule has 0 spiro atoms. The van der Waals surface area contributed by atoms with E-state index in [1.165, 1.54) is 11.3 Å². The van der Waals surface area contributed by atoms with Crippen molar-refractivity contribution in [1.82, 2.24) is 15.1 Å². The van der Waals surface area contributed by atoms with Gasteiger partial charge in [-0.3, -0.25) is 9.59 Å². The van der Waals surface area contributed by atoms with E-state index in [2.05, 4.69) is 10.6 Å². The van der Waals surface area contributed by atoms with Crippen LogP contribution in [-0.4, -0.2) is 28.6 Å². The Bertz CT molecular complexity index is 1570. The molecule has 2 aromatic heterocycles. The maximum atomic E-state index is 13.3. The molecule has 2 aromatic carbocycles. The second-order valence-electron chi connectivity index (χ2n) is 9.20. The predicted molar refractivity (Wildman–Crippen MR) is 150 cm³/mol. The van der Waals surface area contributed by atoms with E-state index in [0.29, 0.717) is 21.8 Å². The molecule has 2 amide bonds. The van der Waals surface area contributed by atoms with Gasteiger partial charge in [0.2, 0.25) is 0 Å². The third kappa shape index (κ3) is 5.01. The number of nitrogens with one attached hydrogen (secondary N) is 2. The Labute approximate surface area is 225 Å². The summed E-state index contributed by atoms with van der Waals surface area (Å²) in [5.74, 6) is -0.786. The van der Waals surface area contributed by atoms with Crippen LogP contribution in [0, 0.1) is 18.3 Å². The minimum Gasteiger partial charge on any atom is -0.355 e. The van der Waals surface area contributed by atoms with Crippen LogP contribution in [0.3, 0.4) is 0 Å². The summed E-state index contributed by atoms with van der Waals surface area (Å²) in [5.41, 5.74) is 5.61. The average molecular weight is 522 g/mol. The SMILES string of the molecule is CNC(=O)c1c(NC(=O)/C(C#N)=C/c2cn(-c3ccccc3)nc2-c2ccc(C)cc2)sc2c1CCCC2. The van der Waals surface area contributed by atoms with Crippen molar-refractivity contribution in [3.8, 4) is 23.0 Å². The summed E-state index contributed by atoms with van der Waals surface area (Å²) in [7, 11) is 1.58. The number of carbonyl (C=O) groups is 2. The number of anilines is 1. The summed E-state index contributed by atoms with van der Waals surface area (Å²) in [6.07, 6.45) is 7.14. The molecular formula is C30H27N5O2S. The van der Waals surface area contributed by atoms with Gasteiger partial charge < -0.3 is 10.6 Å². The lowest BCUT2D eigenvalue weighted by molar-refractivity contribution is -0.112. The Hall–Kier alpha value is -4.48. The molecule has 8 heteroatoms. The van der Waals surface area contributed by atoms with Gasteiger partial charge in [-0.2, -0.15) is 10.4 Å². The molecule has 0 unspecified atom stereocenters. The molecule has 2 heterocycles. The van der Waals surface area contributed by atoms with Gasteiger partial charge in [0.25, 0.3) is 11.8 Å². The number of nitrogens with zero attached hydrogens (tertiary/aromatic N) is 3. The molecule has 0 atom stereocenters. The minimum atomic E-state index is -0.557. The Kier molecular flexibility index (Phi) is 7.20. The van der Waals surface area contributed by atoms with E-state index in [4.69, 9.17) is 5.10 Å². The van der Waals surface area contributed by atoms with Crippen molar-refractivity contribution in [2.45, 2.75) is 32.6 Å². The zero-order chi connectivity index (χ0) is 26.6. The first-order chi connectivity index (χ1) is 18.5. The lowest BCUT2D eigenvalue weighted by Gasteiger charge is -2.12. The van der Waals surface area contributed by atoms with Crippen LogP contribution < -0.4 is 10.6 Å². The van der Waals surface area contributed by atoms with E-state index in [1.54, 1.807) is 17.8 Å². The van der Waals surface area contributed by atoms with Crippen molar-refractivity contribution >= 4 is 34.2 Å². The van der Waals surface area contributed by atoms with E-state index < -0.39 is 5.91 Å². The van der Waals surface area contributed by atoms with Crippen molar-refractivity contribution in [1.29, 1.82) is 5.26 Å². The predicted octanol–water partition coefficient (Wildman–Crippen LogP) is 5.69. The van der Waals surface area contributed by atoms with Gasteiger partial charge in [0, 0.05) is 29.2 Å². The number of amides is 2. The van der Waals surface area contributed by atoms with Gasteiger partial charge in [-0.25, -0.2) is 4.68 Å². The number of thiophene rings is 1. The van der Waals surface area contributed by atoms with Gasteiger partial charge >= 0.3 is 0 Å². The van der Waals surface area contributed by atoms with Crippen molar-refractivity contribution in [3.63, 3.8) is 0 Å². The van der Waals surface area contributed by atoms with E-state index in [9.17, 15) is 14.9 Å². The van der Waals surface area contributed by atoms with Crippen LogP contribution in [0.2, 0.25) is 0 Å². The second kappa shape index (κ2) is 10.9. The van der Waals surface area contributed by atoms with Crippen LogP contribution in [0.15, 0.2) is 66.4 Å². The first-order valence-electron chi connectivity index (χ1n) is 12.5. The van der Waals surface area contributed by atoms with Crippen LogP contribution in [0.1, 0.15) is 44.8 Å². The van der Waals surface area contributed by atoms with E-state index in [1.807, 2.05) is 73.8 Å². The van der Waals surface area contributed by atoms with Crippen LogP contribution in [-0.2, 0) is 17.6 Å². The molecule has 0 aliphatic heterocycles. The first kappa shape index (κ1) is 25.2. The summed E-state index contributed by atoms with van der Waals surface area (Å²) in [6.45, 7) is 2.01. The molecule has 38 heavy (non-hydrogen) atoms. The molecule has 0 fully saturated rings. The summed E-state index contributed by atoms with van der Waals surface area (Å²) < 4.78 is 1.74. The maximum absolute atomic E-state index is 13.3. The fraction of sp³-hybridized carbons (Fsp3) is 0.200. The molecule has 2 N–H and O–H groups in total. The highest BCUT2D eigenvalue weighted by atomic mass is 32.1. The number of hydrogen-bond acceptors (Lipinski definition) is 5. The monoisotopic (exact) mass is 521 g/mol. The quantitative estimate of drug-likeness (QED) is 0.251. The zero-order valence-electron chi connectivity index (χ0n) is 21.2. The highest BCUT2D eigenvalue weighted by Gasteiger charge is 2.26. The molecule has 190 valence electrons. The fourth-order valence-corrected chi connectivity index (χ4v) is 5.92. The summed E-state index contributed by atoms with van der Waals surface area (Å²) in [4.78, 5) is 27.2. The van der Waals surface area contributed by atoms with Crippen molar-refractivity contribution in [3.05, 3.63) is 93.5 Å². The Balaban J connectivity index is 1.53. The van der Waals surface area contributed by atoms with Gasteiger partial charge in [0.05, 0.1) is 16.9 Å². The zero-order valence-corrected chi connectivity index (χ0v) is 22.1. The number of aryl methyl sites for hydroxylation is 2. The number of hydrogen-bond donors (Lipinski definition) is 2. The van der Waals surface area contributed by atoms with Gasteiger partial charge in [-0.05, 0) is 56.4 Å². The lowest BCUT2D eigenvalue weighted by atomic mass is 9.95. The molecule has 5 rings (SSSR count). The van der Waals surface area contributed by atoms with Crippen molar-refractivity contribution in [2.75, 3.05) is 12.4 Å². The van der Waals surface area contributed by atoms with Gasteiger partial charge in [-0.15, -0.1) is 11.3 Å². The van der Waals surface area contributed by atoms with Crippen LogP contribution >= 0.6 is 11.3 Å². The van der Waals surface area contributed by atoms with Crippen LogP contribution in [0.5, 0.6) is 0 Å². The summed E-state index contributed by atoms with van der Waals surface area (Å²) in [5, 5.41) is 20.8. The van der Waals surface area contributed by atoms with Crippen molar-refractivity contribution < 1.29 is 9.59 Å². The first-order valence-corrected chi connectivity index (χ1v) is 13.3. The van der Waals surface area contributed by atoms with Crippen LogP contribution in [0.4, 0.5) is 5.00 Å². The Morgan fingerprint density at radius 2 is 1.82 bits per heavy atom. The number of carbonyl (C=O) groups excluding carboxylic acids is 2. The second-order valence-corrected chi connectivity index (χ2v) is 10.3. The lowest BCUT2D eigenvalue weighted by Crippen LogP contribution is -2.22. The highest BCUT2D eigenvalue weighted by Crippen LogP contribution is 2.38. The van der Waals surface area contributed by atoms with E-state index >= 15 is 0 Å². The molecule has 0 saturated heterocycles. The molecule has 0 saturated carbocycles. The normalized spacial score (nSPS) is 12.9. The summed E-state index contributed by atoms with van der Waals surface area (Å²) >= 11 is 1.43. The summed E-state index contributed by atoms with van der Waals surface area (Å²) in [6, 6.07) is 19.7. The Morgan fingerprint density at radius 3 is 2.53 bits per heavy atom. The Morgan fingerprint density at radius 1 is 1.08 bits per heavy atom. The molecule has 0 radical (unpaired) electrons. The van der Waals surface area contributed by atoms with E-state index in [0.717, 1.165) is 52.9 Å². The third-order valence-electron chi connectivity index (χ3n) is 6.61. The molecule has 4 aromatic rings. The van der Waals surface area contributed by atoms with Crippen LogP contribution in [0.25, 0.3) is 23.0 Å². The maximum Gasteiger partial charge on any atom is 0.266 e. The van der Waals surface area contributed by atoms with Gasteiger partial charge in [0.15, 0.2) is 0 Å². The minimum absolute atomic E-state index is 0.0693. The van der Waals surface area contributed by atoms with Gasteiger partial charge in [-0.1, -0.05) is 48.0 Å². The van der Waals surface area contributed by atoms with Crippen molar-refractivity contribution in [2.24, 2.45) is 0 Å². The largest absolute Gasteiger partial charge is 0.355 e. The number of para-hydroxylation sites is 1. The fourth-order valence-electron chi connectivity index (χ4n) is 4.64. The van der Waals surface area contributed by atoms with E-state index in [-0.39, 0.29) is 11.5 Å². The topological polar surface area (TPSA) is 99.8 Å². The highest BCUT2D eigenvalue weighted by molar-refractivity contribution is 7.17. The third-order valence-corrected chi connectivity index (χ3v) is 7.81. The smallest absolute Gasteiger partial charge is 0.266 e. The molecule has 1 aliphatic rings. The number of rotatable bonds is 6. The van der Waals surface area contributed by atoms with Gasteiger partial charge in [0.1, 0.15) is 16.6 Å². The standard InChI is InChI=1S/C30H27N5O2S/c1-19-12-14-20(15-13-19)27-22(18-35(34-27)23-8-4-3-5-9-23)16-21(17-31)28(36)33-30-26(29(37)32-2)24-10-6-7-11-25(24)38-30/h3-5,8-9,12-16,18H,6-7,10-11H2,1-2H3,(H,32,37)(H,33,36)/b21-16+. The number of nitriles is 1. The number of aromatic nitrogens is 2. The molecule has 7 nitrogen and oxygen atoms in total.